The third-order valence-corrected chi connectivity index (χ3v) is 4.25. The van der Waals surface area contributed by atoms with Crippen LogP contribution in [-0.2, 0) is 6.42 Å². The van der Waals surface area contributed by atoms with E-state index in [0.717, 1.165) is 0 Å². The van der Waals surface area contributed by atoms with Gasteiger partial charge in [-0.05, 0) is 56.2 Å². The highest BCUT2D eigenvalue weighted by molar-refractivity contribution is 7.98. The first kappa shape index (κ1) is 12.0. The van der Waals surface area contributed by atoms with Crippen molar-refractivity contribution in [1.82, 2.24) is 5.32 Å². The molecule has 1 N–H and O–H groups in total. The van der Waals surface area contributed by atoms with Crippen LogP contribution in [0.5, 0.6) is 0 Å². The first-order valence-corrected chi connectivity index (χ1v) is 7.39. The second kappa shape index (κ2) is 5.74. The van der Waals surface area contributed by atoms with E-state index in [1.165, 1.54) is 48.3 Å². The lowest BCUT2D eigenvalue weighted by atomic mass is 9.97. The Hall–Kier alpha value is -0.470. The summed E-state index contributed by atoms with van der Waals surface area (Å²) in [5.74, 6) is 0. The Kier molecular flexibility index (Phi) is 4.30. The molecule has 1 atom stereocenters. The summed E-state index contributed by atoms with van der Waals surface area (Å²) in [4.78, 5) is 1.42. The fraction of sp³-hybridized carbons (Fsp3) is 0.571. The third kappa shape index (κ3) is 3.02. The maximum atomic E-state index is 3.61. The molecule has 1 fully saturated rings. The molecule has 1 aromatic carbocycles. The van der Waals surface area contributed by atoms with Crippen molar-refractivity contribution in [2.75, 3.05) is 12.8 Å². The molecule has 0 aliphatic carbocycles. The first-order chi connectivity index (χ1) is 7.79. The summed E-state index contributed by atoms with van der Waals surface area (Å²) in [6, 6.07) is 7.59. The molecule has 0 radical (unpaired) electrons. The molecule has 2 heteroatoms. The monoisotopic (exact) mass is 235 g/mol. The maximum absolute atomic E-state index is 3.61. The summed E-state index contributed by atoms with van der Waals surface area (Å²) in [5, 5.41) is 3.61. The minimum absolute atomic E-state index is 0.700. The van der Waals surface area contributed by atoms with Gasteiger partial charge >= 0.3 is 0 Å². The fourth-order valence-electron chi connectivity index (χ4n) is 2.37. The molecule has 0 amide bonds. The lowest BCUT2D eigenvalue weighted by Gasteiger charge is -2.23. The fourth-order valence-corrected chi connectivity index (χ4v) is 3.03. The summed E-state index contributed by atoms with van der Waals surface area (Å²) in [6.45, 7) is 3.39. The smallest absolute Gasteiger partial charge is 0.0107 e. The number of nitrogens with one attached hydrogen (secondary N) is 1. The SMILES string of the molecule is CSc1cc(CC2CCCCN2)ccc1C. The number of aryl methyl sites for hydroxylation is 1. The Morgan fingerprint density at radius 3 is 2.94 bits per heavy atom. The maximum Gasteiger partial charge on any atom is 0.0107 e. The summed E-state index contributed by atoms with van der Waals surface area (Å²) in [5.41, 5.74) is 2.88. The van der Waals surface area contributed by atoms with Crippen molar-refractivity contribution in [3.05, 3.63) is 29.3 Å². The normalized spacial score (nSPS) is 21.0. The van der Waals surface area contributed by atoms with Gasteiger partial charge in [0, 0.05) is 10.9 Å². The van der Waals surface area contributed by atoms with Gasteiger partial charge in [-0.25, -0.2) is 0 Å². The molecule has 2 rings (SSSR count). The van der Waals surface area contributed by atoms with Crippen LogP contribution in [0.25, 0.3) is 0 Å². The van der Waals surface area contributed by atoms with Crippen molar-refractivity contribution in [2.45, 2.75) is 43.5 Å². The van der Waals surface area contributed by atoms with Gasteiger partial charge < -0.3 is 5.32 Å². The highest BCUT2D eigenvalue weighted by Crippen LogP contribution is 2.22. The standard InChI is InChI=1S/C14H21NS/c1-11-6-7-12(10-14(11)16-2)9-13-5-3-4-8-15-13/h6-7,10,13,15H,3-5,8-9H2,1-2H3. The van der Waals surface area contributed by atoms with Crippen LogP contribution in [0.15, 0.2) is 23.1 Å². The van der Waals surface area contributed by atoms with E-state index < -0.39 is 0 Å². The minimum atomic E-state index is 0.700. The molecule has 1 aliphatic heterocycles. The highest BCUT2D eigenvalue weighted by atomic mass is 32.2. The van der Waals surface area contributed by atoms with Gasteiger partial charge in [-0.2, -0.15) is 0 Å². The van der Waals surface area contributed by atoms with Crippen LogP contribution in [0, 0.1) is 6.92 Å². The van der Waals surface area contributed by atoms with Crippen LogP contribution in [-0.4, -0.2) is 18.8 Å². The predicted octanol–water partition coefficient (Wildman–Crippen LogP) is 3.40. The Morgan fingerprint density at radius 2 is 2.25 bits per heavy atom. The molecule has 0 bridgehead atoms. The topological polar surface area (TPSA) is 12.0 Å². The van der Waals surface area contributed by atoms with E-state index in [0.29, 0.717) is 6.04 Å². The predicted molar refractivity (Wildman–Crippen MR) is 72.3 cm³/mol. The van der Waals surface area contributed by atoms with Gasteiger partial charge in [-0.15, -0.1) is 11.8 Å². The van der Waals surface area contributed by atoms with Gasteiger partial charge in [0.1, 0.15) is 0 Å². The van der Waals surface area contributed by atoms with Crippen LogP contribution < -0.4 is 5.32 Å². The van der Waals surface area contributed by atoms with E-state index in [9.17, 15) is 0 Å². The van der Waals surface area contributed by atoms with Gasteiger partial charge in [0.2, 0.25) is 0 Å². The minimum Gasteiger partial charge on any atom is -0.314 e. The van der Waals surface area contributed by atoms with Gasteiger partial charge in [-0.1, -0.05) is 18.6 Å². The molecule has 0 aromatic heterocycles. The molecule has 88 valence electrons. The molecule has 0 spiro atoms. The number of hydrogen-bond acceptors (Lipinski definition) is 2. The lowest BCUT2D eigenvalue weighted by molar-refractivity contribution is 0.399. The van der Waals surface area contributed by atoms with Crippen molar-refractivity contribution in [3.63, 3.8) is 0 Å². The average Bonchev–Trinajstić information content (AvgIpc) is 2.33. The largest absolute Gasteiger partial charge is 0.314 e. The van der Waals surface area contributed by atoms with Gasteiger partial charge in [0.25, 0.3) is 0 Å². The summed E-state index contributed by atoms with van der Waals surface area (Å²) < 4.78 is 0. The Bertz CT molecular complexity index is 343. The molecule has 16 heavy (non-hydrogen) atoms. The molecule has 1 saturated heterocycles. The average molecular weight is 235 g/mol. The van der Waals surface area contributed by atoms with Crippen LogP contribution in [0.2, 0.25) is 0 Å². The Morgan fingerprint density at radius 1 is 1.38 bits per heavy atom. The molecule has 1 heterocycles. The van der Waals surface area contributed by atoms with Crippen molar-refractivity contribution in [2.24, 2.45) is 0 Å². The molecule has 1 unspecified atom stereocenters. The molecule has 1 aromatic rings. The van der Waals surface area contributed by atoms with Gasteiger partial charge in [0.05, 0.1) is 0 Å². The highest BCUT2D eigenvalue weighted by Gasteiger charge is 2.13. The molecule has 1 aliphatic rings. The molecular weight excluding hydrogens is 214 g/mol. The van der Waals surface area contributed by atoms with E-state index >= 15 is 0 Å². The van der Waals surface area contributed by atoms with Crippen molar-refractivity contribution >= 4 is 11.8 Å². The number of thioether (sulfide) groups is 1. The second-order valence-corrected chi connectivity index (χ2v) is 5.50. The number of benzene rings is 1. The number of piperidine rings is 1. The van der Waals surface area contributed by atoms with Crippen LogP contribution >= 0.6 is 11.8 Å². The van der Waals surface area contributed by atoms with E-state index in [1.54, 1.807) is 0 Å². The van der Waals surface area contributed by atoms with E-state index in [2.05, 4.69) is 36.7 Å². The van der Waals surface area contributed by atoms with Crippen molar-refractivity contribution in [3.8, 4) is 0 Å². The second-order valence-electron chi connectivity index (χ2n) is 4.65. The molecule has 0 saturated carbocycles. The molecule has 1 nitrogen and oxygen atoms in total. The summed E-state index contributed by atoms with van der Waals surface area (Å²) >= 11 is 1.85. The third-order valence-electron chi connectivity index (χ3n) is 3.37. The van der Waals surface area contributed by atoms with Crippen molar-refractivity contribution < 1.29 is 0 Å². The summed E-state index contributed by atoms with van der Waals surface area (Å²) in [7, 11) is 0. The van der Waals surface area contributed by atoms with Crippen LogP contribution in [0.4, 0.5) is 0 Å². The van der Waals surface area contributed by atoms with E-state index in [1.807, 2.05) is 11.8 Å². The first-order valence-electron chi connectivity index (χ1n) is 6.16. The van der Waals surface area contributed by atoms with E-state index in [4.69, 9.17) is 0 Å². The van der Waals surface area contributed by atoms with Crippen molar-refractivity contribution in [1.29, 1.82) is 0 Å². The number of rotatable bonds is 3. The van der Waals surface area contributed by atoms with Crippen LogP contribution in [0.1, 0.15) is 30.4 Å². The Labute approximate surface area is 103 Å². The van der Waals surface area contributed by atoms with E-state index in [-0.39, 0.29) is 0 Å². The van der Waals surface area contributed by atoms with Crippen LogP contribution in [0.3, 0.4) is 0 Å². The van der Waals surface area contributed by atoms with Gasteiger partial charge in [0.15, 0.2) is 0 Å². The quantitative estimate of drug-likeness (QED) is 0.806. The Balaban J connectivity index is 2.03. The zero-order chi connectivity index (χ0) is 11.4. The lowest BCUT2D eigenvalue weighted by Crippen LogP contribution is -2.35. The number of hydrogen-bond donors (Lipinski definition) is 1. The summed E-state index contributed by atoms with van der Waals surface area (Å²) in [6.07, 6.45) is 7.42. The zero-order valence-electron chi connectivity index (χ0n) is 10.3. The zero-order valence-corrected chi connectivity index (χ0v) is 11.1. The molecular formula is C14H21NS. The van der Waals surface area contributed by atoms with Gasteiger partial charge in [-0.3, -0.25) is 0 Å².